The maximum atomic E-state index is 13.7. The molecule has 0 spiro atoms. The molecule has 0 amide bonds. The third kappa shape index (κ3) is 2.35. The van der Waals surface area contributed by atoms with Gasteiger partial charge in [-0.05, 0) is 29.8 Å². The van der Waals surface area contributed by atoms with Crippen LogP contribution in [0.2, 0.25) is 0 Å². The Morgan fingerprint density at radius 2 is 1.95 bits per heavy atom. The highest BCUT2D eigenvalue weighted by Crippen LogP contribution is 2.30. The Morgan fingerprint density at radius 3 is 2.70 bits per heavy atom. The third-order valence-electron chi connectivity index (χ3n) is 2.79. The molecule has 3 rings (SSSR count). The number of aromatic hydroxyl groups is 1. The van der Waals surface area contributed by atoms with Crippen molar-refractivity contribution in [3.05, 3.63) is 59.9 Å². The number of phenols is 1. The maximum Gasteiger partial charge on any atom is 0.264 e. The van der Waals surface area contributed by atoms with Crippen LogP contribution in [0.5, 0.6) is 5.75 Å². The Kier molecular flexibility index (Phi) is 3.12. The minimum atomic E-state index is -0.607. The maximum absolute atomic E-state index is 13.7. The van der Waals surface area contributed by atoms with Crippen LogP contribution in [-0.4, -0.2) is 20.2 Å². The number of hydrogen-bond donors (Lipinski definition) is 1. The minimum absolute atomic E-state index is 0.0374. The summed E-state index contributed by atoms with van der Waals surface area (Å²) in [5, 5.41) is 13.5. The highest BCUT2D eigenvalue weighted by atomic mass is 19.1. The second-order valence-electron chi connectivity index (χ2n) is 4.18. The molecule has 3 aromatic rings. The Balaban J connectivity index is 1.91. The molecule has 2 heterocycles. The zero-order valence-corrected chi connectivity index (χ0v) is 10.3. The Morgan fingerprint density at radius 1 is 1.15 bits per heavy atom. The molecule has 0 saturated heterocycles. The molecule has 0 aliphatic heterocycles. The van der Waals surface area contributed by atoms with Crippen molar-refractivity contribution in [1.82, 2.24) is 15.1 Å². The fourth-order valence-electron chi connectivity index (χ4n) is 1.83. The van der Waals surface area contributed by atoms with E-state index in [9.17, 15) is 9.50 Å². The van der Waals surface area contributed by atoms with E-state index in [0.717, 1.165) is 5.56 Å². The number of aromatic nitrogens is 3. The molecule has 0 aliphatic rings. The predicted octanol–water partition coefficient (Wildman–Crippen LogP) is 2.57. The highest BCUT2D eigenvalue weighted by molar-refractivity contribution is 5.62. The SMILES string of the molecule is Oc1cccc(F)c1-c1nc(Cc2ccncc2)no1. The summed E-state index contributed by atoms with van der Waals surface area (Å²) in [4.78, 5) is 8.02. The van der Waals surface area contributed by atoms with Crippen LogP contribution in [-0.2, 0) is 6.42 Å². The van der Waals surface area contributed by atoms with E-state index in [0.29, 0.717) is 12.2 Å². The quantitative estimate of drug-likeness (QED) is 0.792. The van der Waals surface area contributed by atoms with Gasteiger partial charge < -0.3 is 9.63 Å². The summed E-state index contributed by atoms with van der Waals surface area (Å²) in [6, 6.07) is 7.66. The largest absolute Gasteiger partial charge is 0.507 e. The summed E-state index contributed by atoms with van der Waals surface area (Å²) < 4.78 is 18.7. The van der Waals surface area contributed by atoms with Crippen LogP contribution in [0.1, 0.15) is 11.4 Å². The molecule has 0 saturated carbocycles. The topological polar surface area (TPSA) is 72.0 Å². The average Bonchev–Trinajstić information content (AvgIpc) is 2.88. The van der Waals surface area contributed by atoms with Crippen LogP contribution < -0.4 is 0 Å². The molecule has 0 bridgehead atoms. The van der Waals surface area contributed by atoms with Gasteiger partial charge in [0.05, 0.1) is 0 Å². The lowest BCUT2D eigenvalue weighted by molar-refractivity contribution is 0.415. The van der Waals surface area contributed by atoms with Crippen LogP contribution >= 0.6 is 0 Å². The molecule has 1 N–H and O–H groups in total. The van der Waals surface area contributed by atoms with Crippen LogP contribution in [0.15, 0.2) is 47.2 Å². The fourth-order valence-corrected chi connectivity index (χ4v) is 1.83. The summed E-state index contributed by atoms with van der Waals surface area (Å²) >= 11 is 0. The molecule has 0 fully saturated rings. The summed E-state index contributed by atoms with van der Waals surface area (Å²) in [5.74, 6) is -0.466. The molecule has 0 aliphatic carbocycles. The van der Waals surface area contributed by atoms with Crippen molar-refractivity contribution in [1.29, 1.82) is 0 Å². The lowest BCUT2D eigenvalue weighted by atomic mass is 10.2. The zero-order valence-electron chi connectivity index (χ0n) is 10.3. The van der Waals surface area contributed by atoms with Gasteiger partial charge >= 0.3 is 0 Å². The smallest absolute Gasteiger partial charge is 0.264 e. The summed E-state index contributed by atoms with van der Waals surface area (Å²) in [6.07, 6.45) is 3.78. The van der Waals surface area contributed by atoms with Crippen molar-refractivity contribution < 1.29 is 14.0 Å². The molecule has 6 heteroatoms. The monoisotopic (exact) mass is 271 g/mol. The molecule has 100 valence electrons. The molecule has 0 atom stereocenters. The van der Waals surface area contributed by atoms with Crippen molar-refractivity contribution in [2.75, 3.05) is 0 Å². The van der Waals surface area contributed by atoms with Gasteiger partial charge in [0.2, 0.25) is 0 Å². The number of phenolic OH excluding ortho intramolecular Hbond substituents is 1. The lowest BCUT2D eigenvalue weighted by Crippen LogP contribution is -1.91. The first kappa shape index (κ1) is 12.3. The van der Waals surface area contributed by atoms with Gasteiger partial charge in [-0.2, -0.15) is 4.98 Å². The van der Waals surface area contributed by atoms with Gasteiger partial charge in [0.15, 0.2) is 5.82 Å². The number of rotatable bonds is 3. The molecule has 20 heavy (non-hydrogen) atoms. The van der Waals surface area contributed by atoms with Gasteiger partial charge in [-0.1, -0.05) is 11.2 Å². The second-order valence-corrected chi connectivity index (χ2v) is 4.18. The summed E-state index contributed by atoms with van der Waals surface area (Å²) in [6.45, 7) is 0. The Bertz CT molecular complexity index is 708. The number of benzene rings is 1. The van der Waals surface area contributed by atoms with E-state index >= 15 is 0 Å². The zero-order chi connectivity index (χ0) is 13.9. The molecular formula is C14H10FN3O2. The van der Waals surface area contributed by atoms with Crippen molar-refractivity contribution in [3.63, 3.8) is 0 Å². The molecular weight excluding hydrogens is 261 g/mol. The van der Waals surface area contributed by atoms with Crippen LogP contribution in [0.25, 0.3) is 11.5 Å². The number of halogens is 1. The van der Waals surface area contributed by atoms with Gasteiger partial charge in [0.25, 0.3) is 5.89 Å². The van der Waals surface area contributed by atoms with Crippen LogP contribution in [0, 0.1) is 5.82 Å². The highest BCUT2D eigenvalue weighted by Gasteiger charge is 2.17. The van der Waals surface area contributed by atoms with E-state index in [2.05, 4.69) is 15.1 Å². The summed E-state index contributed by atoms with van der Waals surface area (Å²) in [5.41, 5.74) is 0.881. The Hall–Kier alpha value is -2.76. The van der Waals surface area contributed by atoms with E-state index in [1.165, 1.54) is 18.2 Å². The van der Waals surface area contributed by atoms with Gasteiger partial charge in [0.1, 0.15) is 17.1 Å². The van der Waals surface area contributed by atoms with Gasteiger partial charge in [-0.3, -0.25) is 4.98 Å². The van der Waals surface area contributed by atoms with E-state index < -0.39 is 5.82 Å². The van der Waals surface area contributed by atoms with E-state index in [-0.39, 0.29) is 17.2 Å². The van der Waals surface area contributed by atoms with Crippen molar-refractivity contribution in [2.24, 2.45) is 0 Å². The third-order valence-corrected chi connectivity index (χ3v) is 2.79. The normalized spacial score (nSPS) is 10.7. The van der Waals surface area contributed by atoms with E-state index in [1.807, 2.05) is 12.1 Å². The van der Waals surface area contributed by atoms with Crippen molar-refractivity contribution in [3.8, 4) is 17.2 Å². The molecule has 0 radical (unpaired) electrons. The molecule has 5 nitrogen and oxygen atoms in total. The number of hydrogen-bond acceptors (Lipinski definition) is 5. The van der Waals surface area contributed by atoms with Crippen molar-refractivity contribution >= 4 is 0 Å². The molecule has 2 aromatic heterocycles. The van der Waals surface area contributed by atoms with Gasteiger partial charge in [-0.25, -0.2) is 4.39 Å². The molecule has 0 unspecified atom stereocenters. The standard InChI is InChI=1S/C14H10FN3O2/c15-10-2-1-3-11(19)13(10)14-17-12(18-20-14)8-9-4-6-16-7-5-9/h1-7,19H,8H2. The van der Waals surface area contributed by atoms with Crippen molar-refractivity contribution in [2.45, 2.75) is 6.42 Å². The van der Waals surface area contributed by atoms with E-state index in [1.54, 1.807) is 12.4 Å². The van der Waals surface area contributed by atoms with Gasteiger partial charge in [0, 0.05) is 18.8 Å². The first-order valence-corrected chi connectivity index (χ1v) is 5.93. The minimum Gasteiger partial charge on any atom is -0.507 e. The predicted molar refractivity (Wildman–Crippen MR) is 68.4 cm³/mol. The second kappa shape index (κ2) is 5.08. The fraction of sp³-hybridized carbons (Fsp3) is 0.0714. The average molecular weight is 271 g/mol. The van der Waals surface area contributed by atoms with Gasteiger partial charge in [-0.15, -0.1) is 0 Å². The molecule has 1 aromatic carbocycles. The number of nitrogens with zero attached hydrogens (tertiary/aromatic N) is 3. The lowest BCUT2D eigenvalue weighted by Gasteiger charge is -1.99. The first-order chi connectivity index (χ1) is 9.74. The van der Waals surface area contributed by atoms with Crippen LogP contribution in [0.4, 0.5) is 4.39 Å². The Labute approximate surface area is 113 Å². The summed E-state index contributed by atoms with van der Waals surface area (Å²) in [7, 11) is 0. The van der Waals surface area contributed by atoms with E-state index in [4.69, 9.17) is 4.52 Å². The van der Waals surface area contributed by atoms with Crippen LogP contribution in [0.3, 0.4) is 0 Å². The number of pyridine rings is 1. The first-order valence-electron chi connectivity index (χ1n) is 5.93.